The molecule has 2 fully saturated rings. The molecule has 2 aliphatic rings. The number of allylic oxidation sites excluding steroid dienone is 2. The van der Waals surface area contributed by atoms with E-state index < -0.39 is 0 Å². The average Bonchev–Trinajstić information content (AvgIpc) is 2.83. The lowest BCUT2D eigenvalue weighted by Gasteiger charge is -2.30. The highest BCUT2D eigenvalue weighted by atomic mass is 16.5. The first kappa shape index (κ1) is 11.7. The third-order valence-corrected chi connectivity index (χ3v) is 4.34. The van der Waals surface area contributed by atoms with Crippen molar-refractivity contribution in [1.29, 1.82) is 0 Å². The van der Waals surface area contributed by atoms with E-state index in [1.54, 1.807) is 5.57 Å². The fraction of sp³-hybridized carbons (Fsp3) is 0.786. The first-order valence-corrected chi connectivity index (χ1v) is 6.48. The highest BCUT2D eigenvalue weighted by Gasteiger charge is 2.45. The topological polar surface area (TPSA) is 26.3 Å². The average molecular weight is 222 g/mol. The van der Waals surface area contributed by atoms with Crippen LogP contribution >= 0.6 is 0 Å². The zero-order valence-corrected chi connectivity index (χ0v) is 10.5. The van der Waals surface area contributed by atoms with Crippen molar-refractivity contribution in [2.24, 2.45) is 17.8 Å². The van der Waals surface area contributed by atoms with Crippen LogP contribution in [0.5, 0.6) is 0 Å². The molecule has 4 atom stereocenters. The van der Waals surface area contributed by atoms with E-state index in [4.69, 9.17) is 4.74 Å². The second-order valence-electron chi connectivity index (χ2n) is 5.22. The smallest absolute Gasteiger partial charge is 0.302 e. The number of hydrogen-bond acceptors (Lipinski definition) is 2. The Morgan fingerprint density at radius 3 is 2.75 bits per heavy atom. The minimum absolute atomic E-state index is 0.124. The molecular weight excluding hydrogens is 200 g/mol. The van der Waals surface area contributed by atoms with Gasteiger partial charge in [0.2, 0.25) is 0 Å². The summed E-state index contributed by atoms with van der Waals surface area (Å²) < 4.78 is 5.45. The van der Waals surface area contributed by atoms with Crippen molar-refractivity contribution < 1.29 is 9.53 Å². The monoisotopic (exact) mass is 222 g/mol. The second kappa shape index (κ2) is 4.60. The van der Waals surface area contributed by atoms with Crippen LogP contribution < -0.4 is 0 Å². The van der Waals surface area contributed by atoms with Gasteiger partial charge in [-0.2, -0.15) is 0 Å². The molecule has 0 heterocycles. The van der Waals surface area contributed by atoms with Crippen molar-refractivity contribution in [2.75, 3.05) is 0 Å². The number of hydrogen-bond donors (Lipinski definition) is 0. The predicted molar refractivity (Wildman–Crippen MR) is 63.9 cm³/mol. The molecule has 0 aromatic heterocycles. The van der Waals surface area contributed by atoms with Gasteiger partial charge in [0.05, 0.1) is 0 Å². The van der Waals surface area contributed by atoms with Crippen LogP contribution in [-0.2, 0) is 9.53 Å². The summed E-state index contributed by atoms with van der Waals surface area (Å²) in [6.07, 6.45) is 7.19. The van der Waals surface area contributed by atoms with Crippen molar-refractivity contribution in [3.05, 3.63) is 11.6 Å². The first-order valence-electron chi connectivity index (χ1n) is 6.48. The minimum atomic E-state index is -0.124. The van der Waals surface area contributed by atoms with Crippen LogP contribution in [0.25, 0.3) is 0 Å². The Morgan fingerprint density at radius 1 is 1.56 bits per heavy atom. The predicted octanol–water partition coefficient (Wildman–Crippen LogP) is 3.32. The molecule has 0 spiro atoms. The highest BCUT2D eigenvalue weighted by molar-refractivity contribution is 5.66. The van der Waals surface area contributed by atoms with Gasteiger partial charge in [0.1, 0.15) is 6.10 Å². The third kappa shape index (κ3) is 2.02. The summed E-state index contributed by atoms with van der Waals surface area (Å²) in [5.74, 6) is 2.04. The SMILES string of the molecule is CC=C1C[C@@H]2C[C@H]1CC2C(CC)OC(C)=O. The normalized spacial score (nSPS) is 36.7. The Balaban J connectivity index is 2.00. The van der Waals surface area contributed by atoms with E-state index in [0.29, 0.717) is 5.92 Å². The van der Waals surface area contributed by atoms with Gasteiger partial charge in [-0.3, -0.25) is 4.79 Å². The van der Waals surface area contributed by atoms with Gasteiger partial charge < -0.3 is 4.74 Å². The molecule has 2 unspecified atom stereocenters. The molecule has 2 nitrogen and oxygen atoms in total. The lowest BCUT2D eigenvalue weighted by Crippen LogP contribution is -2.29. The molecule has 0 amide bonds. The van der Waals surface area contributed by atoms with Crippen LogP contribution in [0.4, 0.5) is 0 Å². The van der Waals surface area contributed by atoms with Gasteiger partial charge in [-0.05, 0) is 50.4 Å². The molecule has 2 heteroatoms. The number of ether oxygens (including phenoxy) is 1. The van der Waals surface area contributed by atoms with Crippen LogP contribution in [0.15, 0.2) is 11.6 Å². The lowest BCUT2D eigenvalue weighted by atomic mass is 9.81. The number of esters is 1. The summed E-state index contributed by atoms with van der Waals surface area (Å²) >= 11 is 0. The summed E-state index contributed by atoms with van der Waals surface area (Å²) in [4.78, 5) is 11.1. The fourth-order valence-corrected chi connectivity index (χ4v) is 3.66. The van der Waals surface area contributed by atoms with Crippen molar-refractivity contribution in [3.8, 4) is 0 Å². The van der Waals surface area contributed by atoms with E-state index in [0.717, 1.165) is 18.3 Å². The van der Waals surface area contributed by atoms with Crippen LogP contribution in [0, 0.1) is 17.8 Å². The molecule has 0 aliphatic heterocycles. The lowest BCUT2D eigenvalue weighted by molar-refractivity contribution is -0.150. The summed E-state index contributed by atoms with van der Waals surface area (Å²) in [6, 6.07) is 0. The maximum Gasteiger partial charge on any atom is 0.302 e. The number of fused-ring (bicyclic) bond motifs is 2. The maximum absolute atomic E-state index is 11.1. The van der Waals surface area contributed by atoms with Crippen LogP contribution in [0.2, 0.25) is 0 Å². The Kier molecular flexibility index (Phi) is 3.36. The van der Waals surface area contributed by atoms with Crippen LogP contribution in [0.1, 0.15) is 46.5 Å². The van der Waals surface area contributed by atoms with Crippen molar-refractivity contribution in [1.82, 2.24) is 0 Å². The molecule has 0 aromatic rings. The number of carbonyl (C=O) groups is 1. The molecular formula is C14H22O2. The largest absolute Gasteiger partial charge is 0.462 e. The number of carbonyl (C=O) groups excluding carboxylic acids is 1. The molecule has 16 heavy (non-hydrogen) atoms. The summed E-state index contributed by atoms with van der Waals surface area (Å²) in [7, 11) is 0. The van der Waals surface area contributed by atoms with E-state index in [1.807, 2.05) is 0 Å². The molecule has 2 bridgehead atoms. The van der Waals surface area contributed by atoms with Gasteiger partial charge in [-0.25, -0.2) is 0 Å². The second-order valence-corrected chi connectivity index (χ2v) is 5.22. The van der Waals surface area contributed by atoms with Gasteiger partial charge in [-0.15, -0.1) is 0 Å². The Morgan fingerprint density at radius 2 is 2.31 bits per heavy atom. The molecule has 90 valence electrons. The van der Waals surface area contributed by atoms with Crippen molar-refractivity contribution in [2.45, 2.75) is 52.6 Å². The minimum Gasteiger partial charge on any atom is -0.462 e. The zero-order valence-electron chi connectivity index (χ0n) is 10.5. The van der Waals surface area contributed by atoms with Gasteiger partial charge in [0.15, 0.2) is 0 Å². The molecule has 2 saturated carbocycles. The summed E-state index contributed by atoms with van der Waals surface area (Å²) in [5.41, 5.74) is 1.64. The Labute approximate surface area is 98.1 Å². The third-order valence-electron chi connectivity index (χ3n) is 4.34. The van der Waals surface area contributed by atoms with Crippen molar-refractivity contribution in [3.63, 3.8) is 0 Å². The maximum atomic E-state index is 11.1. The zero-order chi connectivity index (χ0) is 11.7. The van der Waals surface area contributed by atoms with Crippen LogP contribution in [0.3, 0.4) is 0 Å². The van der Waals surface area contributed by atoms with Crippen molar-refractivity contribution >= 4 is 5.97 Å². The summed E-state index contributed by atoms with van der Waals surface area (Å²) in [5, 5.41) is 0. The van der Waals surface area contributed by atoms with Gasteiger partial charge in [-0.1, -0.05) is 18.6 Å². The van der Waals surface area contributed by atoms with Gasteiger partial charge in [0.25, 0.3) is 0 Å². The number of rotatable bonds is 3. The molecule has 2 rings (SSSR count). The fourth-order valence-electron chi connectivity index (χ4n) is 3.66. The first-order chi connectivity index (χ1) is 7.65. The van der Waals surface area contributed by atoms with Crippen LogP contribution in [-0.4, -0.2) is 12.1 Å². The van der Waals surface area contributed by atoms with E-state index >= 15 is 0 Å². The molecule has 2 aliphatic carbocycles. The quantitative estimate of drug-likeness (QED) is 0.541. The van der Waals surface area contributed by atoms with Gasteiger partial charge in [0, 0.05) is 6.92 Å². The molecule has 0 radical (unpaired) electrons. The standard InChI is InChI=1S/C14H22O2/c1-4-10-6-12-7-11(10)8-13(12)14(5-2)16-9(3)15/h4,11-14H,5-8H2,1-3H3/t11-,12+,13?,14?/m0/s1. The molecule has 0 saturated heterocycles. The van der Waals surface area contributed by atoms with Gasteiger partial charge >= 0.3 is 5.97 Å². The summed E-state index contributed by atoms with van der Waals surface area (Å²) in [6.45, 7) is 5.79. The van der Waals surface area contributed by atoms with E-state index in [2.05, 4.69) is 19.9 Å². The van der Waals surface area contributed by atoms with E-state index in [9.17, 15) is 4.79 Å². The molecule has 0 N–H and O–H groups in total. The highest BCUT2D eigenvalue weighted by Crippen LogP contribution is 2.53. The van der Waals surface area contributed by atoms with E-state index in [-0.39, 0.29) is 12.1 Å². The Bertz CT molecular complexity index is 306. The van der Waals surface area contributed by atoms with E-state index in [1.165, 1.54) is 26.2 Å². The Hall–Kier alpha value is -0.790. The molecule has 0 aromatic carbocycles.